The van der Waals surface area contributed by atoms with Gasteiger partial charge in [0, 0.05) is 31.9 Å². The Morgan fingerprint density at radius 1 is 1.29 bits per heavy atom. The van der Waals surface area contributed by atoms with E-state index >= 15 is 0 Å². The predicted molar refractivity (Wildman–Crippen MR) is 119 cm³/mol. The first-order valence-electron chi connectivity index (χ1n) is 10.8. The first kappa shape index (κ1) is 25.0. The summed E-state index contributed by atoms with van der Waals surface area (Å²) >= 11 is 0. The van der Waals surface area contributed by atoms with Crippen molar-refractivity contribution in [3.8, 4) is 0 Å². The Kier molecular flexibility index (Phi) is 9.48. The van der Waals surface area contributed by atoms with Crippen molar-refractivity contribution in [3.63, 3.8) is 0 Å². The van der Waals surface area contributed by atoms with E-state index in [0.717, 1.165) is 30.6 Å². The molecule has 162 valence electrons. The van der Waals surface area contributed by atoms with Crippen LogP contribution in [0.4, 0.5) is 0 Å². The standard InChI is InChI=1S/C23H42O4Si/c1-9-11-12-13-20-16-19(17-21(24)25-10-2)18-23(6,27-20)14-15-26-28(7,8)22(3,4)5/h16-17H,9-15,18H2,1-8H3/b19-17-. The summed E-state index contributed by atoms with van der Waals surface area (Å²) < 4.78 is 17.9. The van der Waals surface area contributed by atoms with E-state index in [0.29, 0.717) is 19.6 Å². The second-order valence-electron chi connectivity index (χ2n) is 9.63. The lowest BCUT2D eigenvalue weighted by Gasteiger charge is -2.39. The van der Waals surface area contributed by atoms with Gasteiger partial charge in [0.2, 0.25) is 0 Å². The smallest absolute Gasteiger partial charge is 0.331 e. The zero-order chi connectivity index (χ0) is 21.4. The molecule has 1 atom stereocenters. The molecule has 1 heterocycles. The average Bonchev–Trinajstić information content (AvgIpc) is 2.53. The summed E-state index contributed by atoms with van der Waals surface area (Å²) in [5, 5.41) is 0.196. The molecular weight excluding hydrogens is 368 g/mol. The van der Waals surface area contributed by atoms with Crippen molar-refractivity contribution < 1.29 is 18.7 Å². The molecule has 5 heteroatoms. The second kappa shape index (κ2) is 10.6. The molecule has 0 saturated carbocycles. The summed E-state index contributed by atoms with van der Waals surface area (Å²) in [7, 11) is -1.78. The predicted octanol–water partition coefficient (Wildman–Crippen LogP) is 6.53. The molecule has 0 aromatic carbocycles. The summed E-state index contributed by atoms with van der Waals surface area (Å²) in [5.41, 5.74) is 0.641. The maximum atomic E-state index is 12.0. The minimum atomic E-state index is -1.78. The number of rotatable bonds is 10. The van der Waals surface area contributed by atoms with Gasteiger partial charge >= 0.3 is 5.97 Å². The van der Waals surface area contributed by atoms with Gasteiger partial charge in [-0.3, -0.25) is 0 Å². The molecule has 1 rings (SSSR count). The normalized spacial score (nSPS) is 22.0. The molecule has 0 N–H and O–H groups in total. The van der Waals surface area contributed by atoms with E-state index in [1.54, 1.807) is 6.08 Å². The lowest BCUT2D eigenvalue weighted by molar-refractivity contribution is -0.137. The van der Waals surface area contributed by atoms with Gasteiger partial charge in [0.05, 0.1) is 12.4 Å². The Bertz CT molecular complexity index is 572. The van der Waals surface area contributed by atoms with E-state index in [-0.39, 0.29) is 16.6 Å². The second-order valence-corrected chi connectivity index (χ2v) is 14.4. The van der Waals surface area contributed by atoms with Gasteiger partial charge in [0.1, 0.15) is 5.60 Å². The zero-order valence-corrected chi connectivity index (χ0v) is 20.4. The Labute approximate surface area is 173 Å². The number of carbonyl (C=O) groups is 1. The van der Waals surface area contributed by atoms with Crippen molar-refractivity contribution in [2.24, 2.45) is 0 Å². The molecule has 0 bridgehead atoms. The fourth-order valence-electron chi connectivity index (χ4n) is 3.05. The highest BCUT2D eigenvalue weighted by atomic mass is 28.4. The van der Waals surface area contributed by atoms with Crippen molar-refractivity contribution >= 4 is 14.3 Å². The molecular formula is C23H42O4Si. The monoisotopic (exact) mass is 410 g/mol. The molecule has 0 radical (unpaired) electrons. The van der Waals surface area contributed by atoms with Crippen LogP contribution >= 0.6 is 0 Å². The lowest BCUT2D eigenvalue weighted by atomic mass is 9.89. The topological polar surface area (TPSA) is 44.8 Å². The van der Waals surface area contributed by atoms with E-state index in [9.17, 15) is 4.79 Å². The maximum Gasteiger partial charge on any atom is 0.331 e. The van der Waals surface area contributed by atoms with Gasteiger partial charge in [0.15, 0.2) is 8.32 Å². The van der Waals surface area contributed by atoms with Crippen molar-refractivity contribution in [1.82, 2.24) is 0 Å². The Morgan fingerprint density at radius 2 is 1.96 bits per heavy atom. The summed E-state index contributed by atoms with van der Waals surface area (Å²) in [6.45, 7) is 18.6. The average molecular weight is 411 g/mol. The number of esters is 1. The first-order valence-corrected chi connectivity index (χ1v) is 13.7. The van der Waals surface area contributed by atoms with Crippen LogP contribution in [0.3, 0.4) is 0 Å². The maximum absolute atomic E-state index is 12.0. The largest absolute Gasteiger partial charge is 0.491 e. The van der Waals surface area contributed by atoms with Crippen molar-refractivity contribution in [2.75, 3.05) is 13.2 Å². The van der Waals surface area contributed by atoms with Crippen LogP contribution < -0.4 is 0 Å². The summed E-state index contributed by atoms with van der Waals surface area (Å²) in [4.78, 5) is 12.0. The van der Waals surface area contributed by atoms with Crippen LogP contribution in [-0.2, 0) is 18.7 Å². The SMILES string of the molecule is CCCCCC1=C/C(=C/C(=O)OCC)CC(C)(CCO[Si](C)(C)C(C)(C)C)O1. The highest BCUT2D eigenvalue weighted by Gasteiger charge is 2.38. The van der Waals surface area contributed by atoms with E-state index < -0.39 is 8.32 Å². The molecule has 1 unspecified atom stereocenters. The van der Waals surface area contributed by atoms with Gasteiger partial charge in [-0.2, -0.15) is 0 Å². The molecule has 28 heavy (non-hydrogen) atoms. The summed E-state index contributed by atoms with van der Waals surface area (Å²) in [5.74, 6) is 0.702. The number of unbranched alkanes of at least 4 members (excludes halogenated alkanes) is 2. The molecule has 0 saturated heterocycles. The Morgan fingerprint density at radius 3 is 2.54 bits per heavy atom. The molecule has 0 fully saturated rings. The van der Waals surface area contributed by atoms with Gasteiger partial charge in [0.25, 0.3) is 0 Å². The van der Waals surface area contributed by atoms with Crippen LogP contribution in [0.15, 0.2) is 23.5 Å². The summed E-state index contributed by atoms with van der Waals surface area (Å²) in [6.07, 6.45) is 9.54. The van der Waals surface area contributed by atoms with E-state index in [4.69, 9.17) is 13.9 Å². The third-order valence-corrected chi connectivity index (χ3v) is 10.4. The van der Waals surface area contributed by atoms with E-state index in [1.807, 2.05) is 13.0 Å². The van der Waals surface area contributed by atoms with Gasteiger partial charge in [-0.25, -0.2) is 4.79 Å². The molecule has 0 aliphatic carbocycles. The highest BCUT2D eigenvalue weighted by Crippen LogP contribution is 2.39. The highest BCUT2D eigenvalue weighted by molar-refractivity contribution is 6.74. The molecule has 0 aromatic rings. The minimum absolute atomic E-state index is 0.196. The van der Waals surface area contributed by atoms with Crippen molar-refractivity contribution in [2.45, 2.75) is 104 Å². The first-order chi connectivity index (χ1) is 12.9. The number of carbonyl (C=O) groups excluding carboxylic acids is 1. The quantitative estimate of drug-likeness (QED) is 0.178. The molecule has 0 amide bonds. The Hall–Kier alpha value is -1.07. The van der Waals surface area contributed by atoms with Crippen LogP contribution in [0.5, 0.6) is 0 Å². The zero-order valence-electron chi connectivity index (χ0n) is 19.4. The third-order valence-electron chi connectivity index (χ3n) is 5.82. The number of hydrogen-bond donors (Lipinski definition) is 0. The molecule has 4 nitrogen and oxygen atoms in total. The van der Waals surface area contributed by atoms with Gasteiger partial charge in [-0.15, -0.1) is 0 Å². The third kappa shape index (κ3) is 8.12. The van der Waals surface area contributed by atoms with Crippen LogP contribution in [0.2, 0.25) is 18.1 Å². The Balaban J connectivity index is 2.85. The van der Waals surface area contributed by atoms with E-state index in [1.165, 1.54) is 12.8 Å². The van der Waals surface area contributed by atoms with Gasteiger partial charge in [-0.1, -0.05) is 40.5 Å². The van der Waals surface area contributed by atoms with Crippen LogP contribution in [-0.4, -0.2) is 33.1 Å². The van der Waals surface area contributed by atoms with Gasteiger partial charge < -0.3 is 13.9 Å². The lowest BCUT2D eigenvalue weighted by Crippen LogP contribution is -2.42. The van der Waals surface area contributed by atoms with Crippen LogP contribution in [0.25, 0.3) is 0 Å². The van der Waals surface area contributed by atoms with E-state index in [2.05, 4.69) is 47.7 Å². The number of ether oxygens (including phenoxy) is 2. The summed E-state index contributed by atoms with van der Waals surface area (Å²) in [6, 6.07) is 0. The van der Waals surface area contributed by atoms with Gasteiger partial charge in [-0.05, 0) is 50.0 Å². The number of allylic oxidation sites excluding steroid dienone is 2. The van der Waals surface area contributed by atoms with Crippen LogP contribution in [0, 0.1) is 0 Å². The molecule has 1 aliphatic heterocycles. The fourth-order valence-corrected chi connectivity index (χ4v) is 4.10. The van der Waals surface area contributed by atoms with Crippen LogP contribution in [0.1, 0.15) is 80.1 Å². The van der Waals surface area contributed by atoms with Crippen molar-refractivity contribution in [3.05, 3.63) is 23.5 Å². The fraction of sp³-hybridized carbons (Fsp3) is 0.783. The molecule has 1 aliphatic rings. The van der Waals surface area contributed by atoms with Crippen molar-refractivity contribution in [1.29, 1.82) is 0 Å². The molecule has 0 spiro atoms. The molecule has 0 aromatic heterocycles. The minimum Gasteiger partial charge on any atom is -0.491 e. The number of hydrogen-bond acceptors (Lipinski definition) is 4.